The number of hydrogen-bond donors (Lipinski definition) is 2. The molecular weight excluding hydrogens is 476 g/mol. The van der Waals surface area contributed by atoms with E-state index in [2.05, 4.69) is 31.8 Å². The lowest BCUT2D eigenvalue weighted by atomic mass is 10.1. The summed E-state index contributed by atoms with van der Waals surface area (Å²) in [7, 11) is 0. The third-order valence-corrected chi connectivity index (χ3v) is 5.15. The molecule has 0 aliphatic carbocycles. The number of carbonyl (C=O) groups excluding carboxylic acids is 1. The van der Waals surface area contributed by atoms with Crippen LogP contribution in [0, 0.1) is 10.1 Å². The summed E-state index contributed by atoms with van der Waals surface area (Å²) in [6.45, 7) is 0.0415. The molecular formula is C23H17BrN4O4. The zero-order valence-corrected chi connectivity index (χ0v) is 18.2. The number of rotatable bonds is 7. The van der Waals surface area contributed by atoms with Gasteiger partial charge in [-0.25, -0.2) is 5.43 Å². The van der Waals surface area contributed by atoms with Crippen LogP contribution in [0.5, 0.6) is 0 Å². The van der Waals surface area contributed by atoms with Gasteiger partial charge in [0, 0.05) is 21.6 Å². The van der Waals surface area contributed by atoms with Gasteiger partial charge in [0.2, 0.25) is 0 Å². The average Bonchev–Trinajstić information content (AvgIpc) is 3.26. The second-order valence-electron chi connectivity index (χ2n) is 6.79. The third kappa shape index (κ3) is 4.84. The molecule has 0 aliphatic heterocycles. The fraction of sp³-hybridized carbons (Fsp3) is 0.0435. The summed E-state index contributed by atoms with van der Waals surface area (Å²) >= 11 is 3.23. The summed E-state index contributed by atoms with van der Waals surface area (Å²) in [5.74, 6) is 0.346. The molecule has 1 heterocycles. The molecule has 0 bridgehead atoms. The Bertz CT molecular complexity index is 1330. The number of benzene rings is 3. The summed E-state index contributed by atoms with van der Waals surface area (Å²) in [5.41, 5.74) is 3.55. The maximum Gasteiger partial charge on any atom is 0.281 e. The van der Waals surface area contributed by atoms with Gasteiger partial charge in [-0.05, 0) is 35.7 Å². The Morgan fingerprint density at radius 1 is 1.09 bits per heavy atom. The largest absolute Gasteiger partial charge is 0.455 e. The number of halogens is 1. The smallest absolute Gasteiger partial charge is 0.281 e. The molecule has 3 aromatic carbocycles. The standard InChI is InChI=1S/C23H17BrN4O4/c24-16-8-10-19(21(12-16)28(30)31)22-11-9-17(32-22)13-26-27-23(29)14-25-20-7-3-5-15-4-1-2-6-18(15)20/h1-13,25H,14H2,(H,27,29)/b26-13-. The SMILES string of the molecule is O=C(CNc1cccc2ccccc12)N/N=C\c1ccc(-c2ccc(Br)cc2[N+](=O)[O-])o1. The molecule has 0 saturated heterocycles. The van der Waals surface area contributed by atoms with Gasteiger partial charge < -0.3 is 9.73 Å². The van der Waals surface area contributed by atoms with Crippen molar-refractivity contribution in [2.45, 2.75) is 0 Å². The molecule has 4 rings (SSSR count). The minimum absolute atomic E-state index is 0.0415. The molecule has 160 valence electrons. The van der Waals surface area contributed by atoms with Crippen LogP contribution in [0.15, 0.2) is 86.8 Å². The highest BCUT2D eigenvalue weighted by atomic mass is 79.9. The molecule has 0 aliphatic rings. The van der Waals surface area contributed by atoms with E-state index in [1.165, 1.54) is 12.3 Å². The number of anilines is 1. The highest BCUT2D eigenvalue weighted by Crippen LogP contribution is 2.33. The van der Waals surface area contributed by atoms with E-state index >= 15 is 0 Å². The molecule has 4 aromatic rings. The van der Waals surface area contributed by atoms with Crippen molar-refractivity contribution in [1.29, 1.82) is 0 Å². The van der Waals surface area contributed by atoms with Gasteiger partial charge >= 0.3 is 0 Å². The highest BCUT2D eigenvalue weighted by Gasteiger charge is 2.18. The molecule has 0 saturated carbocycles. The van der Waals surface area contributed by atoms with Crippen molar-refractivity contribution in [3.8, 4) is 11.3 Å². The van der Waals surface area contributed by atoms with E-state index in [1.54, 1.807) is 24.3 Å². The first kappa shape index (κ1) is 21.3. The van der Waals surface area contributed by atoms with Crippen LogP contribution in [0.1, 0.15) is 5.76 Å². The molecule has 9 heteroatoms. The van der Waals surface area contributed by atoms with Gasteiger partial charge in [0.15, 0.2) is 0 Å². The van der Waals surface area contributed by atoms with Crippen molar-refractivity contribution >= 4 is 50.2 Å². The van der Waals surface area contributed by atoms with E-state index < -0.39 is 4.92 Å². The molecule has 8 nitrogen and oxygen atoms in total. The summed E-state index contributed by atoms with van der Waals surface area (Å²) in [6.07, 6.45) is 1.34. The Morgan fingerprint density at radius 3 is 2.75 bits per heavy atom. The number of nitro benzene ring substituents is 1. The van der Waals surface area contributed by atoms with Gasteiger partial charge in [-0.3, -0.25) is 14.9 Å². The van der Waals surface area contributed by atoms with E-state index in [0.717, 1.165) is 16.5 Å². The molecule has 1 amide bonds. The van der Waals surface area contributed by atoms with Crippen LogP contribution in [0.3, 0.4) is 0 Å². The minimum atomic E-state index is -0.473. The molecule has 0 unspecified atom stereocenters. The number of furan rings is 1. The van der Waals surface area contributed by atoms with Crippen molar-refractivity contribution in [3.05, 3.63) is 93.1 Å². The van der Waals surface area contributed by atoms with Crippen LogP contribution < -0.4 is 10.7 Å². The maximum atomic E-state index is 12.1. The Hall–Kier alpha value is -3.98. The van der Waals surface area contributed by atoms with Crippen molar-refractivity contribution in [2.24, 2.45) is 5.10 Å². The molecule has 0 radical (unpaired) electrons. The van der Waals surface area contributed by atoms with Gasteiger partial charge in [0.1, 0.15) is 11.5 Å². The lowest BCUT2D eigenvalue weighted by Crippen LogP contribution is -2.25. The summed E-state index contributed by atoms with van der Waals surface area (Å²) in [4.78, 5) is 23.0. The normalized spacial score (nSPS) is 11.0. The monoisotopic (exact) mass is 492 g/mol. The van der Waals surface area contributed by atoms with Crippen LogP contribution >= 0.6 is 15.9 Å². The second-order valence-corrected chi connectivity index (χ2v) is 7.71. The second kappa shape index (κ2) is 9.44. The molecule has 1 aromatic heterocycles. The first-order valence-electron chi connectivity index (χ1n) is 9.59. The van der Waals surface area contributed by atoms with Gasteiger partial charge in [-0.15, -0.1) is 0 Å². The van der Waals surface area contributed by atoms with Gasteiger partial charge in [0.05, 0.1) is 23.2 Å². The number of nitro groups is 1. The zero-order chi connectivity index (χ0) is 22.5. The first-order valence-corrected chi connectivity index (χ1v) is 10.4. The predicted molar refractivity (Wildman–Crippen MR) is 127 cm³/mol. The first-order chi connectivity index (χ1) is 15.5. The van der Waals surface area contributed by atoms with Crippen molar-refractivity contribution in [2.75, 3.05) is 11.9 Å². The van der Waals surface area contributed by atoms with Crippen LogP contribution in [0.2, 0.25) is 0 Å². The number of nitrogens with zero attached hydrogens (tertiary/aromatic N) is 2. The maximum absolute atomic E-state index is 12.1. The van der Waals surface area contributed by atoms with E-state index in [-0.39, 0.29) is 18.1 Å². The summed E-state index contributed by atoms with van der Waals surface area (Å²) in [5, 5.41) is 20.4. The third-order valence-electron chi connectivity index (χ3n) is 4.66. The molecule has 32 heavy (non-hydrogen) atoms. The minimum Gasteiger partial charge on any atom is -0.455 e. The van der Waals surface area contributed by atoms with Crippen LogP contribution in [0.25, 0.3) is 22.1 Å². The van der Waals surface area contributed by atoms with Crippen molar-refractivity contribution in [3.63, 3.8) is 0 Å². The summed E-state index contributed by atoms with van der Waals surface area (Å²) < 4.78 is 6.22. The number of carbonyl (C=O) groups is 1. The molecule has 0 atom stereocenters. The zero-order valence-electron chi connectivity index (χ0n) is 16.6. The van der Waals surface area contributed by atoms with E-state index in [1.807, 2.05) is 42.5 Å². The lowest BCUT2D eigenvalue weighted by molar-refractivity contribution is -0.384. The predicted octanol–water partition coefficient (Wildman–Crippen LogP) is 5.33. The van der Waals surface area contributed by atoms with Crippen molar-refractivity contribution in [1.82, 2.24) is 5.43 Å². The number of hydrazone groups is 1. The molecule has 0 spiro atoms. The fourth-order valence-electron chi connectivity index (χ4n) is 3.19. The lowest BCUT2D eigenvalue weighted by Gasteiger charge is -2.08. The summed E-state index contributed by atoms with van der Waals surface area (Å²) in [6, 6.07) is 21.7. The average molecular weight is 493 g/mol. The Kier molecular flexibility index (Phi) is 6.27. The highest BCUT2D eigenvalue weighted by molar-refractivity contribution is 9.10. The van der Waals surface area contributed by atoms with Gasteiger partial charge in [-0.2, -0.15) is 5.10 Å². The van der Waals surface area contributed by atoms with Crippen molar-refractivity contribution < 1.29 is 14.1 Å². The van der Waals surface area contributed by atoms with Gasteiger partial charge in [-0.1, -0.05) is 52.3 Å². The number of nitrogens with one attached hydrogen (secondary N) is 2. The molecule has 0 fully saturated rings. The van der Waals surface area contributed by atoms with Gasteiger partial charge in [0.25, 0.3) is 11.6 Å². The molecule has 2 N–H and O–H groups in total. The van der Waals surface area contributed by atoms with Crippen LogP contribution in [-0.2, 0) is 4.79 Å². The quantitative estimate of drug-likeness (QED) is 0.205. The Morgan fingerprint density at radius 2 is 1.91 bits per heavy atom. The van der Waals surface area contributed by atoms with Crippen LogP contribution in [0.4, 0.5) is 11.4 Å². The topological polar surface area (TPSA) is 110 Å². The van der Waals surface area contributed by atoms with E-state index in [0.29, 0.717) is 21.6 Å². The number of fused-ring (bicyclic) bond motifs is 1. The fourth-order valence-corrected chi connectivity index (χ4v) is 3.54. The number of hydrogen-bond acceptors (Lipinski definition) is 6. The van der Waals surface area contributed by atoms with Crippen LogP contribution in [-0.4, -0.2) is 23.6 Å². The number of amides is 1. The van der Waals surface area contributed by atoms with E-state index in [9.17, 15) is 14.9 Å². The Balaban J connectivity index is 1.37. The Labute approximate surface area is 191 Å². The van der Waals surface area contributed by atoms with E-state index in [4.69, 9.17) is 4.42 Å².